The Hall–Kier alpha value is -0.870. The van der Waals surface area contributed by atoms with E-state index in [0.717, 1.165) is 23.0 Å². The van der Waals surface area contributed by atoms with Gasteiger partial charge in [-0.15, -0.1) is 0 Å². The van der Waals surface area contributed by atoms with Crippen molar-refractivity contribution in [2.75, 3.05) is 13.6 Å². The largest absolute Gasteiger partial charge is 0.481 e. The molecule has 2 N–H and O–H groups in total. The van der Waals surface area contributed by atoms with Gasteiger partial charge in [0, 0.05) is 4.47 Å². The van der Waals surface area contributed by atoms with Crippen LogP contribution in [-0.4, -0.2) is 24.7 Å². The van der Waals surface area contributed by atoms with Crippen LogP contribution >= 0.6 is 15.9 Å². The number of hydrogen-bond acceptors (Lipinski definition) is 2. The molecule has 0 unspecified atom stereocenters. The van der Waals surface area contributed by atoms with Gasteiger partial charge in [0.15, 0.2) is 0 Å². The van der Waals surface area contributed by atoms with Crippen molar-refractivity contribution in [1.29, 1.82) is 0 Å². The summed E-state index contributed by atoms with van der Waals surface area (Å²) in [7, 11) is 1.85. The van der Waals surface area contributed by atoms with Crippen LogP contribution in [0, 0.1) is 5.92 Å². The third-order valence-electron chi connectivity index (χ3n) is 3.30. The van der Waals surface area contributed by atoms with Gasteiger partial charge in [0.25, 0.3) is 0 Å². The van der Waals surface area contributed by atoms with Crippen LogP contribution in [0.4, 0.5) is 0 Å². The maximum absolute atomic E-state index is 11.4. The molecule has 0 aromatic heterocycles. The minimum atomic E-state index is -0.713. The maximum Gasteiger partial charge on any atom is 0.314 e. The lowest BCUT2D eigenvalue weighted by Crippen LogP contribution is -2.26. The predicted molar refractivity (Wildman–Crippen MR) is 65.5 cm³/mol. The van der Waals surface area contributed by atoms with Crippen LogP contribution in [0.15, 0.2) is 28.7 Å². The van der Waals surface area contributed by atoms with Crippen molar-refractivity contribution in [2.45, 2.75) is 11.8 Å². The zero-order chi connectivity index (χ0) is 11.8. The SMILES string of the molecule is CNC[C@@H]1C[C@]1(C(=O)O)c1ccc(Br)cc1. The molecule has 86 valence electrons. The Morgan fingerprint density at radius 1 is 1.56 bits per heavy atom. The summed E-state index contributed by atoms with van der Waals surface area (Å²) in [5, 5.41) is 12.4. The summed E-state index contributed by atoms with van der Waals surface area (Å²) in [4.78, 5) is 11.4. The molecule has 0 heterocycles. The molecule has 0 radical (unpaired) electrons. The Labute approximate surface area is 103 Å². The van der Waals surface area contributed by atoms with Crippen molar-refractivity contribution in [2.24, 2.45) is 5.92 Å². The second kappa shape index (κ2) is 4.18. The van der Waals surface area contributed by atoms with Gasteiger partial charge >= 0.3 is 5.97 Å². The Balaban J connectivity index is 2.29. The number of hydrogen-bond donors (Lipinski definition) is 2. The molecule has 0 bridgehead atoms. The Bertz CT molecular complexity index is 404. The lowest BCUT2D eigenvalue weighted by atomic mass is 9.93. The van der Waals surface area contributed by atoms with Crippen LogP contribution in [0.1, 0.15) is 12.0 Å². The van der Waals surface area contributed by atoms with Crippen molar-refractivity contribution >= 4 is 21.9 Å². The van der Waals surface area contributed by atoms with Gasteiger partial charge in [-0.05, 0) is 43.6 Å². The average molecular weight is 284 g/mol. The molecular weight excluding hydrogens is 270 g/mol. The number of carboxylic acids is 1. The summed E-state index contributed by atoms with van der Waals surface area (Å²) < 4.78 is 0.975. The fourth-order valence-corrected chi connectivity index (χ4v) is 2.57. The fraction of sp³-hybridized carbons (Fsp3) is 0.417. The van der Waals surface area contributed by atoms with E-state index in [0.29, 0.717) is 0 Å². The number of aliphatic carboxylic acids is 1. The van der Waals surface area contributed by atoms with E-state index >= 15 is 0 Å². The highest BCUT2D eigenvalue weighted by atomic mass is 79.9. The highest BCUT2D eigenvalue weighted by Crippen LogP contribution is 2.54. The highest BCUT2D eigenvalue weighted by molar-refractivity contribution is 9.10. The summed E-state index contributed by atoms with van der Waals surface area (Å²) in [6.45, 7) is 0.752. The lowest BCUT2D eigenvalue weighted by Gasteiger charge is -2.13. The van der Waals surface area contributed by atoms with E-state index in [-0.39, 0.29) is 5.92 Å². The molecular formula is C12H14BrNO2. The van der Waals surface area contributed by atoms with Gasteiger partial charge in [0.2, 0.25) is 0 Å². The monoisotopic (exact) mass is 283 g/mol. The van der Waals surface area contributed by atoms with Crippen LogP contribution in [0.3, 0.4) is 0 Å². The maximum atomic E-state index is 11.4. The quantitative estimate of drug-likeness (QED) is 0.889. The lowest BCUT2D eigenvalue weighted by molar-refractivity contribution is -0.140. The van der Waals surface area contributed by atoms with Gasteiger partial charge in [-0.3, -0.25) is 4.79 Å². The van der Waals surface area contributed by atoms with Gasteiger partial charge in [-0.1, -0.05) is 28.1 Å². The van der Waals surface area contributed by atoms with Crippen LogP contribution in [0.2, 0.25) is 0 Å². The zero-order valence-electron chi connectivity index (χ0n) is 9.03. The van der Waals surface area contributed by atoms with Crippen molar-refractivity contribution in [3.8, 4) is 0 Å². The van der Waals surface area contributed by atoms with Crippen molar-refractivity contribution in [3.63, 3.8) is 0 Å². The first kappa shape index (κ1) is 11.6. The van der Waals surface area contributed by atoms with Crippen LogP contribution in [0.25, 0.3) is 0 Å². The van der Waals surface area contributed by atoms with Crippen molar-refractivity contribution in [1.82, 2.24) is 5.32 Å². The molecule has 4 heteroatoms. The molecule has 0 spiro atoms. The number of carbonyl (C=O) groups is 1. The molecule has 2 atom stereocenters. The normalized spacial score (nSPS) is 27.8. The predicted octanol–water partition coefficient (Wildman–Crippen LogP) is 2.01. The summed E-state index contributed by atoms with van der Waals surface area (Å²) in [5.41, 5.74) is 0.243. The summed E-state index contributed by atoms with van der Waals surface area (Å²) in [5.74, 6) is -0.508. The Morgan fingerprint density at radius 2 is 2.19 bits per heavy atom. The van der Waals surface area contributed by atoms with E-state index in [4.69, 9.17) is 0 Å². The minimum Gasteiger partial charge on any atom is -0.481 e. The number of halogens is 1. The van der Waals surface area contributed by atoms with E-state index in [2.05, 4.69) is 21.2 Å². The van der Waals surface area contributed by atoms with E-state index in [1.165, 1.54) is 0 Å². The smallest absolute Gasteiger partial charge is 0.314 e. The Kier molecular flexibility index (Phi) is 3.04. The van der Waals surface area contributed by atoms with E-state index in [1.54, 1.807) is 0 Å². The highest BCUT2D eigenvalue weighted by Gasteiger charge is 2.60. The van der Waals surface area contributed by atoms with Gasteiger partial charge in [-0.25, -0.2) is 0 Å². The van der Waals surface area contributed by atoms with Gasteiger partial charge in [-0.2, -0.15) is 0 Å². The topological polar surface area (TPSA) is 49.3 Å². The first-order valence-corrected chi connectivity index (χ1v) is 6.04. The molecule has 3 nitrogen and oxygen atoms in total. The molecule has 1 aromatic rings. The number of carboxylic acid groups (broad SMARTS) is 1. The van der Waals surface area contributed by atoms with Gasteiger partial charge in [0.1, 0.15) is 0 Å². The molecule has 1 fully saturated rings. The summed E-state index contributed by atoms with van der Waals surface area (Å²) in [6.07, 6.45) is 0.727. The molecule has 1 aliphatic carbocycles. The van der Waals surface area contributed by atoms with Crippen LogP contribution in [0.5, 0.6) is 0 Å². The fourth-order valence-electron chi connectivity index (χ4n) is 2.31. The summed E-state index contributed by atoms with van der Waals surface area (Å²) in [6, 6.07) is 7.59. The van der Waals surface area contributed by atoms with E-state index in [9.17, 15) is 9.90 Å². The first-order chi connectivity index (χ1) is 7.61. The molecule has 2 rings (SSSR count). The first-order valence-electron chi connectivity index (χ1n) is 5.25. The third-order valence-corrected chi connectivity index (χ3v) is 3.83. The van der Waals surface area contributed by atoms with Crippen molar-refractivity contribution in [3.05, 3.63) is 34.3 Å². The minimum absolute atomic E-state index is 0.205. The summed E-state index contributed by atoms with van der Waals surface area (Å²) >= 11 is 3.36. The van der Waals surface area contributed by atoms with Crippen LogP contribution < -0.4 is 5.32 Å². The van der Waals surface area contributed by atoms with Crippen LogP contribution in [-0.2, 0) is 10.2 Å². The molecule has 0 saturated heterocycles. The second-order valence-electron chi connectivity index (χ2n) is 4.24. The van der Waals surface area contributed by atoms with E-state index < -0.39 is 11.4 Å². The number of nitrogens with one attached hydrogen (secondary N) is 1. The number of rotatable bonds is 4. The Morgan fingerprint density at radius 3 is 2.69 bits per heavy atom. The standard InChI is InChI=1S/C12H14BrNO2/c1-14-7-9-6-12(9,11(15)16)8-2-4-10(13)5-3-8/h2-5,9,14H,6-7H2,1H3,(H,15,16)/t9-,12-/m0/s1. The third kappa shape index (κ3) is 1.76. The molecule has 1 aliphatic rings. The number of benzene rings is 1. The zero-order valence-corrected chi connectivity index (χ0v) is 10.6. The second-order valence-corrected chi connectivity index (χ2v) is 5.16. The molecule has 0 aliphatic heterocycles. The average Bonchev–Trinajstić information content (AvgIpc) is 2.95. The van der Waals surface area contributed by atoms with Gasteiger partial charge < -0.3 is 10.4 Å². The molecule has 1 aromatic carbocycles. The molecule has 0 amide bonds. The molecule has 16 heavy (non-hydrogen) atoms. The van der Waals surface area contributed by atoms with Gasteiger partial charge in [0.05, 0.1) is 5.41 Å². The van der Waals surface area contributed by atoms with E-state index in [1.807, 2.05) is 31.3 Å². The molecule has 1 saturated carbocycles. The van der Waals surface area contributed by atoms with Crippen molar-refractivity contribution < 1.29 is 9.90 Å².